The van der Waals surface area contributed by atoms with Gasteiger partial charge in [0, 0.05) is 23.1 Å². The van der Waals surface area contributed by atoms with Gasteiger partial charge in [0.1, 0.15) is 23.0 Å². The highest BCUT2D eigenvalue weighted by atomic mass is 16.5. The van der Waals surface area contributed by atoms with E-state index < -0.39 is 0 Å². The number of aromatic hydroxyl groups is 3. The molecule has 2 aromatic rings. The molecule has 1 heterocycles. The van der Waals surface area contributed by atoms with Gasteiger partial charge in [0.25, 0.3) is 0 Å². The molecule has 0 radical (unpaired) electrons. The minimum absolute atomic E-state index is 0.00750. The van der Waals surface area contributed by atoms with Crippen LogP contribution in [0.5, 0.6) is 23.0 Å². The maximum absolute atomic E-state index is 10.6. The number of allylic oxidation sites excluding steroid dienone is 2. The lowest BCUT2D eigenvalue weighted by molar-refractivity contribution is 0.258. The fraction of sp³-hybridized carbons (Fsp3) is 0.300. The highest BCUT2D eigenvalue weighted by molar-refractivity contribution is 5.52. The quantitative estimate of drug-likeness (QED) is 0.745. The first-order valence-electron chi connectivity index (χ1n) is 8.07. The molecule has 126 valence electrons. The number of rotatable bonds is 3. The number of fused-ring (bicyclic) bond motifs is 1. The highest BCUT2D eigenvalue weighted by Crippen LogP contribution is 2.40. The average molecular weight is 326 g/mol. The number of ether oxygens (including phenoxy) is 1. The predicted octanol–water partition coefficient (Wildman–Crippen LogP) is 4.03. The molecular weight excluding hydrogens is 304 g/mol. The Hall–Kier alpha value is -2.62. The topological polar surface area (TPSA) is 69.9 Å². The second-order valence-corrected chi connectivity index (χ2v) is 6.49. The summed E-state index contributed by atoms with van der Waals surface area (Å²) in [6, 6.07) is 8.49. The average Bonchev–Trinajstić information content (AvgIpc) is 2.54. The third-order valence-electron chi connectivity index (χ3n) is 4.40. The van der Waals surface area contributed by atoms with Gasteiger partial charge in [0.05, 0.1) is 6.61 Å². The summed E-state index contributed by atoms with van der Waals surface area (Å²) in [6.07, 6.45) is 3.19. The van der Waals surface area contributed by atoms with Gasteiger partial charge in [-0.25, -0.2) is 0 Å². The van der Waals surface area contributed by atoms with Crippen LogP contribution >= 0.6 is 0 Å². The second kappa shape index (κ2) is 6.48. The minimum Gasteiger partial charge on any atom is -0.508 e. The molecule has 3 rings (SSSR count). The number of phenols is 3. The Kier molecular flexibility index (Phi) is 4.38. The fourth-order valence-corrected chi connectivity index (χ4v) is 3.04. The van der Waals surface area contributed by atoms with Gasteiger partial charge in [0.2, 0.25) is 0 Å². The van der Waals surface area contributed by atoms with E-state index in [9.17, 15) is 15.3 Å². The normalized spacial score (nSPS) is 16.2. The fourth-order valence-electron chi connectivity index (χ4n) is 3.04. The van der Waals surface area contributed by atoms with E-state index in [1.165, 1.54) is 0 Å². The van der Waals surface area contributed by atoms with Crippen LogP contribution in [-0.2, 0) is 12.8 Å². The summed E-state index contributed by atoms with van der Waals surface area (Å²) < 4.78 is 5.75. The van der Waals surface area contributed by atoms with Crippen LogP contribution in [-0.4, -0.2) is 21.9 Å². The Bertz CT molecular complexity index is 788. The summed E-state index contributed by atoms with van der Waals surface area (Å²) >= 11 is 0. The number of hydrogen-bond acceptors (Lipinski definition) is 4. The summed E-state index contributed by atoms with van der Waals surface area (Å²) in [4.78, 5) is 0. The molecule has 1 atom stereocenters. The van der Waals surface area contributed by atoms with Gasteiger partial charge in [-0.15, -0.1) is 0 Å². The second-order valence-electron chi connectivity index (χ2n) is 6.49. The van der Waals surface area contributed by atoms with Gasteiger partial charge in [-0.3, -0.25) is 0 Å². The molecule has 1 aliphatic rings. The number of phenolic OH excluding ortho intramolecular Hbond substituents is 3. The van der Waals surface area contributed by atoms with Crippen molar-refractivity contribution in [3.8, 4) is 23.0 Å². The van der Waals surface area contributed by atoms with Crippen molar-refractivity contribution in [2.45, 2.75) is 32.6 Å². The van der Waals surface area contributed by atoms with Gasteiger partial charge >= 0.3 is 0 Å². The summed E-state index contributed by atoms with van der Waals surface area (Å²) in [7, 11) is 0. The standard InChI is InChI=1S/C20H22O4/c1-12(2)3-6-17-18(22)8-7-16(20(17)23)14-9-13-4-5-15(21)10-19(13)24-11-14/h3-5,7-8,10,14,21-23H,6,9,11H2,1-2H3. The van der Waals surface area contributed by atoms with E-state index >= 15 is 0 Å². The molecule has 0 saturated heterocycles. The van der Waals surface area contributed by atoms with Crippen molar-refractivity contribution in [1.82, 2.24) is 0 Å². The Morgan fingerprint density at radius 3 is 2.71 bits per heavy atom. The Labute approximate surface area is 141 Å². The van der Waals surface area contributed by atoms with Crippen molar-refractivity contribution >= 4 is 0 Å². The van der Waals surface area contributed by atoms with E-state index in [1.807, 2.05) is 26.0 Å². The van der Waals surface area contributed by atoms with Crippen LogP contribution in [0.25, 0.3) is 0 Å². The van der Waals surface area contributed by atoms with Crippen molar-refractivity contribution < 1.29 is 20.1 Å². The third-order valence-corrected chi connectivity index (χ3v) is 4.40. The van der Waals surface area contributed by atoms with Gasteiger partial charge < -0.3 is 20.1 Å². The molecule has 3 N–H and O–H groups in total. The molecule has 1 unspecified atom stereocenters. The van der Waals surface area contributed by atoms with Crippen molar-refractivity contribution in [2.24, 2.45) is 0 Å². The van der Waals surface area contributed by atoms with Gasteiger partial charge in [0.15, 0.2) is 0 Å². The molecule has 0 aliphatic carbocycles. The van der Waals surface area contributed by atoms with Crippen LogP contribution in [0.3, 0.4) is 0 Å². The van der Waals surface area contributed by atoms with Crippen molar-refractivity contribution in [2.75, 3.05) is 6.61 Å². The zero-order valence-electron chi connectivity index (χ0n) is 13.9. The van der Waals surface area contributed by atoms with E-state index in [1.54, 1.807) is 24.3 Å². The SMILES string of the molecule is CC(C)=CCc1c(O)ccc(C2COc3cc(O)ccc3C2)c1O. The zero-order valence-corrected chi connectivity index (χ0v) is 13.9. The first-order valence-corrected chi connectivity index (χ1v) is 8.07. The largest absolute Gasteiger partial charge is 0.508 e. The zero-order chi connectivity index (χ0) is 17.3. The third kappa shape index (κ3) is 3.18. The highest BCUT2D eigenvalue weighted by Gasteiger charge is 2.25. The van der Waals surface area contributed by atoms with E-state index in [2.05, 4.69) is 0 Å². The summed E-state index contributed by atoms with van der Waals surface area (Å²) in [5.74, 6) is 1.13. The Morgan fingerprint density at radius 2 is 1.96 bits per heavy atom. The first-order chi connectivity index (χ1) is 11.5. The number of hydrogen-bond donors (Lipinski definition) is 3. The minimum atomic E-state index is 0.00750. The van der Waals surface area contributed by atoms with Crippen molar-refractivity contribution in [1.29, 1.82) is 0 Å². The van der Waals surface area contributed by atoms with Crippen LogP contribution < -0.4 is 4.74 Å². The molecule has 4 heteroatoms. The predicted molar refractivity (Wildman–Crippen MR) is 93.0 cm³/mol. The van der Waals surface area contributed by atoms with E-state index in [4.69, 9.17) is 4.74 Å². The molecule has 0 amide bonds. The maximum Gasteiger partial charge on any atom is 0.126 e. The molecule has 0 spiro atoms. The van der Waals surface area contributed by atoms with Crippen LogP contribution in [0.4, 0.5) is 0 Å². The Balaban J connectivity index is 1.91. The lowest BCUT2D eigenvalue weighted by atomic mass is 9.88. The molecule has 4 nitrogen and oxygen atoms in total. The van der Waals surface area contributed by atoms with E-state index in [0.29, 0.717) is 24.3 Å². The van der Waals surface area contributed by atoms with Crippen LogP contribution in [0, 0.1) is 0 Å². The van der Waals surface area contributed by atoms with Crippen LogP contribution in [0.1, 0.15) is 36.5 Å². The van der Waals surface area contributed by atoms with E-state index in [-0.39, 0.29) is 23.2 Å². The molecular formula is C20H22O4. The van der Waals surface area contributed by atoms with Crippen LogP contribution in [0.15, 0.2) is 42.0 Å². The molecule has 0 aromatic heterocycles. The first kappa shape index (κ1) is 16.2. The molecule has 24 heavy (non-hydrogen) atoms. The van der Waals surface area contributed by atoms with Crippen LogP contribution in [0.2, 0.25) is 0 Å². The Morgan fingerprint density at radius 1 is 1.17 bits per heavy atom. The monoisotopic (exact) mass is 326 g/mol. The van der Waals surface area contributed by atoms with Crippen molar-refractivity contribution in [3.63, 3.8) is 0 Å². The smallest absolute Gasteiger partial charge is 0.126 e. The molecule has 0 saturated carbocycles. The lowest BCUT2D eigenvalue weighted by Gasteiger charge is -2.27. The molecule has 0 bridgehead atoms. The molecule has 1 aliphatic heterocycles. The summed E-state index contributed by atoms with van der Waals surface area (Å²) in [5, 5.41) is 30.2. The summed E-state index contributed by atoms with van der Waals surface area (Å²) in [6.45, 7) is 4.40. The van der Waals surface area contributed by atoms with Gasteiger partial charge in [-0.1, -0.05) is 23.8 Å². The maximum atomic E-state index is 10.6. The lowest BCUT2D eigenvalue weighted by Crippen LogP contribution is -2.19. The van der Waals surface area contributed by atoms with E-state index in [0.717, 1.165) is 23.1 Å². The number of benzene rings is 2. The molecule has 0 fully saturated rings. The molecule has 2 aromatic carbocycles. The van der Waals surface area contributed by atoms with Crippen molar-refractivity contribution in [3.05, 3.63) is 58.7 Å². The van der Waals surface area contributed by atoms with Gasteiger partial charge in [-0.2, -0.15) is 0 Å². The summed E-state index contributed by atoms with van der Waals surface area (Å²) in [5.41, 5.74) is 3.46. The van der Waals surface area contributed by atoms with Gasteiger partial charge in [-0.05, 0) is 44.4 Å².